The Morgan fingerprint density at radius 2 is 0.957 bits per heavy atom. The second kappa shape index (κ2) is 10.1. The summed E-state index contributed by atoms with van der Waals surface area (Å²) in [6.07, 6.45) is 0. The zero-order valence-electron chi connectivity index (χ0n) is 25.3. The zero-order valence-corrected chi connectivity index (χ0v) is 25.3. The van der Waals surface area contributed by atoms with Crippen LogP contribution in [-0.4, -0.2) is 9.97 Å². The quantitative estimate of drug-likeness (QED) is 0.190. The molecule has 3 heterocycles. The lowest BCUT2D eigenvalue weighted by Crippen LogP contribution is -1.92. The number of para-hydroxylation sites is 2. The van der Waals surface area contributed by atoms with Crippen molar-refractivity contribution in [3.05, 3.63) is 158 Å². The molecule has 0 fully saturated rings. The van der Waals surface area contributed by atoms with E-state index < -0.39 is 0 Å². The summed E-state index contributed by atoms with van der Waals surface area (Å²) in [5, 5.41) is 9.32. The molecule has 0 N–H and O–H groups in total. The summed E-state index contributed by atoms with van der Waals surface area (Å²) in [6, 6.07) is 55.5. The highest BCUT2D eigenvalue weighted by Crippen LogP contribution is 2.38. The normalized spacial score (nSPS) is 11.8. The number of nitrogens with zero attached hydrogens (tertiary/aromatic N) is 2. The molecule has 3 aromatic heterocycles. The standard InChI is InChI=1S/C44H26N2O/c1-2-9-32-31(8-1)26-38(35-11-4-3-10-34(32)35)40-25-23-30-21-20-29-22-24-39(45-42(29)43(30)46-40)28-18-16-27(17-19-28)33-13-7-14-37-36-12-5-6-15-41(36)47-44(33)37/h1-26H. The van der Waals surface area contributed by atoms with Crippen LogP contribution < -0.4 is 0 Å². The molecule has 47 heavy (non-hydrogen) atoms. The third kappa shape index (κ3) is 4.07. The second-order valence-electron chi connectivity index (χ2n) is 12.2. The molecule has 3 nitrogen and oxygen atoms in total. The molecule has 0 unspecified atom stereocenters. The topological polar surface area (TPSA) is 38.9 Å². The molecule has 3 heteroatoms. The van der Waals surface area contributed by atoms with Gasteiger partial charge in [-0.1, -0.05) is 133 Å². The Kier molecular flexibility index (Phi) is 5.57. The number of fused-ring (bicyclic) bond motifs is 9. The van der Waals surface area contributed by atoms with Crippen molar-refractivity contribution in [1.82, 2.24) is 9.97 Å². The Bertz CT molecular complexity index is 2850. The van der Waals surface area contributed by atoms with Gasteiger partial charge in [0.05, 0.1) is 22.4 Å². The first-order valence-electron chi connectivity index (χ1n) is 15.9. The van der Waals surface area contributed by atoms with Gasteiger partial charge in [0.15, 0.2) is 0 Å². The molecule has 0 aliphatic heterocycles. The van der Waals surface area contributed by atoms with Crippen LogP contribution in [0, 0.1) is 0 Å². The lowest BCUT2D eigenvalue weighted by molar-refractivity contribution is 0.670. The number of furan rings is 1. The van der Waals surface area contributed by atoms with Gasteiger partial charge in [0.2, 0.25) is 0 Å². The lowest BCUT2D eigenvalue weighted by Gasteiger charge is -2.12. The molecule has 0 saturated carbocycles. The van der Waals surface area contributed by atoms with E-state index in [0.29, 0.717) is 0 Å². The van der Waals surface area contributed by atoms with Gasteiger partial charge in [0.1, 0.15) is 11.2 Å². The fourth-order valence-electron chi connectivity index (χ4n) is 7.14. The van der Waals surface area contributed by atoms with Gasteiger partial charge in [-0.2, -0.15) is 0 Å². The summed E-state index contributed by atoms with van der Waals surface area (Å²) >= 11 is 0. The summed E-state index contributed by atoms with van der Waals surface area (Å²) in [5.74, 6) is 0. The highest BCUT2D eigenvalue weighted by molar-refractivity contribution is 6.14. The molecule has 7 aromatic carbocycles. The van der Waals surface area contributed by atoms with Crippen molar-refractivity contribution in [2.45, 2.75) is 0 Å². The van der Waals surface area contributed by atoms with Gasteiger partial charge >= 0.3 is 0 Å². The van der Waals surface area contributed by atoms with E-state index in [4.69, 9.17) is 14.4 Å². The SMILES string of the molecule is c1ccc2c(c1)cc(-c1ccc3ccc4ccc(-c5ccc(-c6cccc7c6oc6ccccc67)cc5)nc4c3n1)c1ccccc12. The Hall–Kier alpha value is -6.32. The molecule has 10 rings (SSSR count). The number of pyridine rings is 2. The maximum atomic E-state index is 6.31. The van der Waals surface area contributed by atoms with Crippen molar-refractivity contribution in [2.75, 3.05) is 0 Å². The molecule has 0 radical (unpaired) electrons. The first-order chi connectivity index (χ1) is 23.3. The van der Waals surface area contributed by atoms with Crippen molar-refractivity contribution >= 4 is 65.3 Å². The summed E-state index contributed by atoms with van der Waals surface area (Å²) in [5.41, 5.74) is 9.88. The van der Waals surface area contributed by atoms with Crippen LogP contribution in [0.2, 0.25) is 0 Å². The number of hydrogen-bond acceptors (Lipinski definition) is 3. The minimum atomic E-state index is 0.906. The van der Waals surface area contributed by atoms with Crippen LogP contribution >= 0.6 is 0 Å². The smallest absolute Gasteiger partial charge is 0.143 e. The van der Waals surface area contributed by atoms with Gasteiger partial charge in [-0.15, -0.1) is 0 Å². The fraction of sp³-hybridized carbons (Fsp3) is 0. The van der Waals surface area contributed by atoms with E-state index >= 15 is 0 Å². The lowest BCUT2D eigenvalue weighted by atomic mass is 9.95. The number of benzene rings is 7. The average molecular weight is 599 g/mol. The number of rotatable bonds is 3. The third-order valence-corrected chi connectivity index (χ3v) is 9.46. The minimum absolute atomic E-state index is 0.906. The predicted octanol–water partition coefficient (Wildman–Crippen LogP) is 12.0. The molecular weight excluding hydrogens is 572 g/mol. The molecule has 218 valence electrons. The summed E-state index contributed by atoms with van der Waals surface area (Å²) in [7, 11) is 0. The van der Waals surface area contributed by atoms with Gasteiger partial charge in [-0.3, -0.25) is 0 Å². The molecule has 0 aliphatic rings. The van der Waals surface area contributed by atoms with Gasteiger partial charge in [-0.05, 0) is 51.4 Å². The largest absolute Gasteiger partial charge is 0.455 e. The van der Waals surface area contributed by atoms with Crippen molar-refractivity contribution in [3.8, 4) is 33.6 Å². The van der Waals surface area contributed by atoms with E-state index in [1.54, 1.807) is 0 Å². The molecule has 0 aliphatic carbocycles. The first-order valence-corrected chi connectivity index (χ1v) is 15.9. The predicted molar refractivity (Wildman–Crippen MR) is 196 cm³/mol. The van der Waals surface area contributed by atoms with E-state index in [-0.39, 0.29) is 0 Å². The summed E-state index contributed by atoms with van der Waals surface area (Å²) in [4.78, 5) is 10.5. The van der Waals surface area contributed by atoms with Gasteiger partial charge < -0.3 is 4.42 Å². The highest BCUT2D eigenvalue weighted by Gasteiger charge is 2.14. The maximum Gasteiger partial charge on any atom is 0.143 e. The Balaban J connectivity index is 1.09. The summed E-state index contributed by atoms with van der Waals surface area (Å²) < 4.78 is 6.31. The van der Waals surface area contributed by atoms with Crippen LogP contribution in [-0.2, 0) is 0 Å². The highest BCUT2D eigenvalue weighted by atomic mass is 16.3. The fourth-order valence-corrected chi connectivity index (χ4v) is 7.14. The second-order valence-corrected chi connectivity index (χ2v) is 12.2. The molecule has 0 atom stereocenters. The van der Waals surface area contributed by atoms with Gasteiger partial charge in [0.25, 0.3) is 0 Å². The molecular formula is C44H26N2O. The monoisotopic (exact) mass is 598 g/mol. The van der Waals surface area contributed by atoms with Crippen molar-refractivity contribution in [1.29, 1.82) is 0 Å². The number of aromatic nitrogens is 2. The van der Waals surface area contributed by atoms with Crippen LogP contribution in [0.5, 0.6) is 0 Å². The summed E-state index contributed by atoms with van der Waals surface area (Å²) in [6.45, 7) is 0. The molecule has 0 bridgehead atoms. The Morgan fingerprint density at radius 3 is 1.77 bits per heavy atom. The van der Waals surface area contributed by atoms with Crippen LogP contribution in [0.15, 0.2) is 162 Å². The van der Waals surface area contributed by atoms with Crippen molar-refractivity contribution < 1.29 is 4.42 Å². The Labute approximate surface area is 270 Å². The van der Waals surface area contributed by atoms with E-state index in [1.807, 2.05) is 12.1 Å². The molecule has 10 aromatic rings. The van der Waals surface area contributed by atoms with Crippen LogP contribution in [0.1, 0.15) is 0 Å². The van der Waals surface area contributed by atoms with Crippen LogP contribution in [0.25, 0.3) is 98.9 Å². The molecule has 0 saturated heterocycles. The number of hydrogen-bond donors (Lipinski definition) is 0. The van der Waals surface area contributed by atoms with Crippen molar-refractivity contribution in [3.63, 3.8) is 0 Å². The van der Waals surface area contributed by atoms with Crippen LogP contribution in [0.4, 0.5) is 0 Å². The van der Waals surface area contributed by atoms with E-state index in [1.165, 1.54) is 21.5 Å². The average Bonchev–Trinajstić information content (AvgIpc) is 3.53. The molecule has 0 spiro atoms. The zero-order chi connectivity index (χ0) is 30.9. The van der Waals surface area contributed by atoms with E-state index in [9.17, 15) is 0 Å². The van der Waals surface area contributed by atoms with Crippen LogP contribution in [0.3, 0.4) is 0 Å². The van der Waals surface area contributed by atoms with Crippen molar-refractivity contribution in [2.24, 2.45) is 0 Å². The van der Waals surface area contributed by atoms with E-state index in [0.717, 1.165) is 77.4 Å². The Morgan fingerprint density at radius 1 is 0.362 bits per heavy atom. The van der Waals surface area contributed by atoms with Gasteiger partial charge in [0, 0.05) is 38.2 Å². The molecule has 0 amide bonds. The van der Waals surface area contributed by atoms with Gasteiger partial charge in [-0.25, -0.2) is 9.97 Å². The third-order valence-electron chi connectivity index (χ3n) is 9.46. The first kappa shape index (κ1) is 26.0. The maximum absolute atomic E-state index is 6.31. The van der Waals surface area contributed by atoms with E-state index in [2.05, 4.69) is 146 Å². The minimum Gasteiger partial charge on any atom is -0.455 e.